The number of hydrogen-bond donors (Lipinski definition) is 1. The monoisotopic (exact) mass is 281 g/mol. The van der Waals surface area contributed by atoms with E-state index in [-0.39, 0.29) is 0 Å². The zero-order valence-corrected chi connectivity index (χ0v) is 12.9. The van der Waals surface area contributed by atoms with E-state index in [2.05, 4.69) is 42.6 Å². The summed E-state index contributed by atoms with van der Waals surface area (Å²) in [4.78, 5) is 0. The summed E-state index contributed by atoms with van der Waals surface area (Å²) in [5.41, 5.74) is 5.09. The van der Waals surface area contributed by atoms with Gasteiger partial charge < -0.3 is 10.1 Å². The van der Waals surface area contributed by atoms with E-state index in [1.807, 2.05) is 19.1 Å². The molecule has 1 aliphatic carbocycles. The van der Waals surface area contributed by atoms with Gasteiger partial charge in [0.25, 0.3) is 0 Å². The van der Waals surface area contributed by atoms with Gasteiger partial charge in [0.05, 0.1) is 6.61 Å². The third-order valence-electron chi connectivity index (χ3n) is 3.95. The summed E-state index contributed by atoms with van der Waals surface area (Å²) < 4.78 is 5.78. The third kappa shape index (κ3) is 3.45. The van der Waals surface area contributed by atoms with Gasteiger partial charge in [-0.1, -0.05) is 30.3 Å². The van der Waals surface area contributed by atoms with Crippen molar-refractivity contribution >= 4 is 0 Å². The molecular formula is C19H23NO. The summed E-state index contributed by atoms with van der Waals surface area (Å²) in [6.45, 7) is 5.84. The molecule has 0 radical (unpaired) electrons. The van der Waals surface area contributed by atoms with Gasteiger partial charge >= 0.3 is 0 Å². The molecule has 0 heterocycles. The van der Waals surface area contributed by atoms with E-state index in [9.17, 15) is 0 Å². The summed E-state index contributed by atoms with van der Waals surface area (Å²) in [7, 11) is 0. The Morgan fingerprint density at radius 1 is 1.10 bits per heavy atom. The summed E-state index contributed by atoms with van der Waals surface area (Å²) in [5.74, 6) is 0.968. The van der Waals surface area contributed by atoms with Crippen molar-refractivity contribution in [2.45, 2.75) is 39.3 Å². The number of rotatable bonds is 6. The van der Waals surface area contributed by atoms with Crippen molar-refractivity contribution in [3.8, 4) is 16.9 Å². The summed E-state index contributed by atoms with van der Waals surface area (Å²) in [5, 5.41) is 3.58. The van der Waals surface area contributed by atoms with E-state index >= 15 is 0 Å². The molecule has 2 aromatic rings. The minimum absolute atomic E-state index is 0.693. The highest BCUT2D eigenvalue weighted by molar-refractivity contribution is 5.73. The van der Waals surface area contributed by atoms with Gasteiger partial charge in [0, 0.05) is 18.2 Å². The molecule has 0 unspecified atom stereocenters. The van der Waals surface area contributed by atoms with Gasteiger partial charge in [-0.2, -0.15) is 0 Å². The smallest absolute Gasteiger partial charge is 0.127 e. The molecule has 0 bridgehead atoms. The van der Waals surface area contributed by atoms with Crippen LogP contribution in [-0.2, 0) is 6.54 Å². The van der Waals surface area contributed by atoms with Crippen LogP contribution in [0.1, 0.15) is 30.9 Å². The summed E-state index contributed by atoms with van der Waals surface area (Å²) >= 11 is 0. The van der Waals surface area contributed by atoms with Gasteiger partial charge in [0.1, 0.15) is 5.75 Å². The maximum absolute atomic E-state index is 5.78. The van der Waals surface area contributed by atoms with E-state index < -0.39 is 0 Å². The molecule has 2 aromatic carbocycles. The molecular weight excluding hydrogens is 258 g/mol. The second kappa shape index (κ2) is 6.31. The Hall–Kier alpha value is -1.80. The van der Waals surface area contributed by atoms with Crippen LogP contribution in [0, 0.1) is 6.92 Å². The van der Waals surface area contributed by atoms with E-state index in [4.69, 9.17) is 4.74 Å². The largest absolute Gasteiger partial charge is 0.493 e. The summed E-state index contributed by atoms with van der Waals surface area (Å²) in [6, 6.07) is 15.8. The van der Waals surface area contributed by atoms with Crippen LogP contribution in [-0.4, -0.2) is 12.6 Å². The zero-order valence-electron chi connectivity index (χ0n) is 12.9. The number of nitrogens with one attached hydrogen (secondary N) is 1. The maximum atomic E-state index is 5.78. The van der Waals surface area contributed by atoms with Crippen LogP contribution < -0.4 is 10.1 Å². The molecule has 0 aromatic heterocycles. The number of benzene rings is 2. The molecule has 2 nitrogen and oxygen atoms in total. The van der Waals surface area contributed by atoms with Gasteiger partial charge in [-0.05, 0) is 55.5 Å². The van der Waals surface area contributed by atoms with E-state index in [1.165, 1.54) is 35.1 Å². The third-order valence-corrected chi connectivity index (χ3v) is 3.95. The van der Waals surface area contributed by atoms with Crippen LogP contribution in [0.15, 0.2) is 42.5 Å². The standard InChI is InChI=1S/C19H23NO/c1-3-21-19-7-5-4-6-17(19)18-12-15(9-8-14(18)2)13-20-16-10-11-16/h4-9,12,16,20H,3,10-11,13H2,1-2H3. The summed E-state index contributed by atoms with van der Waals surface area (Å²) in [6.07, 6.45) is 2.65. The average Bonchev–Trinajstić information content (AvgIpc) is 3.32. The molecule has 0 amide bonds. The number of ether oxygens (including phenoxy) is 1. The first kappa shape index (κ1) is 14.2. The lowest BCUT2D eigenvalue weighted by Gasteiger charge is -2.14. The fourth-order valence-electron chi connectivity index (χ4n) is 2.59. The lowest BCUT2D eigenvalue weighted by atomic mass is 9.97. The van der Waals surface area contributed by atoms with Gasteiger partial charge in [-0.15, -0.1) is 0 Å². The first-order chi connectivity index (χ1) is 10.3. The average molecular weight is 281 g/mol. The quantitative estimate of drug-likeness (QED) is 0.851. The van der Waals surface area contributed by atoms with Crippen molar-refractivity contribution in [1.82, 2.24) is 5.32 Å². The molecule has 1 aliphatic rings. The number of hydrogen-bond acceptors (Lipinski definition) is 2. The lowest BCUT2D eigenvalue weighted by molar-refractivity contribution is 0.341. The second-order valence-electron chi connectivity index (χ2n) is 5.73. The highest BCUT2D eigenvalue weighted by Crippen LogP contribution is 2.33. The number of para-hydroxylation sites is 1. The molecule has 0 aliphatic heterocycles. The van der Waals surface area contributed by atoms with Crippen LogP contribution in [0.25, 0.3) is 11.1 Å². The van der Waals surface area contributed by atoms with Crippen LogP contribution >= 0.6 is 0 Å². The van der Waals surface area contributed by atoms with Crippen molar-refractivity contribution < 1.29 is 4.74 Å². The van der Waals surface area contributed by atoms with E-state index in [0.29, 0.717) is 6.61 Å². The Balaban J connectivity index is 1.90. The minimum atomic E-state index is 0.693. The van der Waals surface area contributed by atoms with Crippen molar-refractivity contribution in [2.75, 3.05) is 6.61 Å². The first-order valence-corrected chi connectivity index (χ1v) is 7.83. The Morgan fingerprint density at radius 3 is 2.67 bits per heavy atom. The fraction of sp³-hybridized carbons (Fsp3) is 0.368. The van der Waals surface area contributed by atoms with Crippen LogP contribution in [0.4, 0.5) is 0 Å². The molecule has 1 saturated carbocycles. The molecule has 0 spiro atoms. The highest BCUT2D eigenvalue weighted by atomic mass is 16.5. The maximum Gasteiger partial charge on any atom is 0.127 e. The van der Waals surface area contributed by atoms with E-state index in [1.54, 1.807) is 0 Å². The van der Waals surface area contributed by atoms with Gasteiger partial charge in [-0.3, -0.25) is 0 Å². The van der Waals surface area contributed by atoms with Crippen molar-refractivity contribution in [2.24, 2.45) is 0 Å². The molecule has 0 saturated heterocycles. The molecule has 3 rings (SSSR count). The Kier molecular flexibility index (Phi) is 4.26. The van der Waals surface area contributed by atoms with Gasteiger partial charge in [0.2, 0.25) is 0 Å². The number of aryl methyl sites for hydroxylation is 1. The van der Waals surface area contributed by atoms with Crippen LogP contribution in [0.2, 0.25) is 0 Å². The first-order valence-electron chi connectivity index (χ1n) is 7.83. The van der Waals surface area contributed by atoms with Crippen molar-refractivity contribution in [3.63, 3.8) is 0 Å². The normalized spacial score (nSPS) is 14.2. The minimum Gasteiger partial charge on any atom is -0.493 e. The highest BCUT2D eigenvalue weighted by Gasteiger charge is 2.20. The lowest BCUT2D eigenvalue weighted by Crippen LogP contribution is -2.15. The molecule has 1 fully saturated rings. The molecule has 2 heteroatoms. The topological polar surface area (TPSA) is 21.3 Å². The molecule has 1 N–H and O–H groups in total. The van der Waals surface area contributed by atoms with Gasteiger partial charge in [0.15, 0.2) is 0 Å². The fourth-order valence-corrected chi connectivity index (χ4v) is 2.59. The van der Waals surface area contributed by atoms with Crippen LogP contribution in [0.3, 0.4) is 0 Å². The predicted molar refractivity (Wildman–Crippen MR) is 87.6 cm³/mol. The Morgan fingerprint density at radius 2 is 1.90 bits per heavy atom. The molecule has 0 atom stereocenters. The zero-order chi connectivity index (χ0) is 14.7. The van der Waals surface area contributed by atoms with Crippen molar-refractivity contribution in [3.05, 3.63) is 53.6 Å². The Labute approximate surface area is 127 Å². The van der Waals surface area contributed by atoms with Crippen LogP contribution in [0.5, 0.6) is 5.75 Å². The molecule has 21 heavy (non-hydrogen) atoms. The Bertz CT molecular complexity index is 617. The SMILES string of the molecule is CCOc1ccccc1-c1cc(CNC2CC2)ccc1C. The van der Waals surface area contributed by atoms with E-state index in [0.717, 1.165) is 18.3 Å². The second-order valence-corrected chi connectivity index (χ2v) is 5.73. The predicted octanol–water partition coefficient (Wildman–Crippen LogP) is 4.31. The van der Waals surface area contributed by atoms with Crippen molar-refractivity contribution in [1.29, 1.82) is 0 Å². The molecule has 110 valence electrons. The van der Waals surface area contributed by atoms with Gasteiger partial charge in [-0.25, -0.2) is 0 Å².